The molecule has 2 heteroatoms. The molecular formula is C32H28N2. The van der Waals surface area contributed by atoms with Crippen molar-refractivity contribution >= 4 is 33.6 Å². The van der Waals surface area contributed by atoms with Crippen molar-refractivity contribution < 1.29 is 0 Å². The van der Waals surface area contributed by atoms with Gasteiger partial charge in [-0.05, 0) is 64.2 Å². The summed E-state index contributed by atoms with van der Waals surface area (Å²) in [5, 5.41) is 4.91. The Morgan fingerprint density at radius 3 is 2.15 bits per heavy atom. The van der Waals surface area contributed by atoms with Gasteiger partial charge in [-0.2, -0.15) is 0 Å². The Kier molecular flexibility index (Phi) is 7.10. The average molecular weight is 441 g/mol. The number of aliphatic imine (C=N–C) groups is 2. The molecule has 0 heterocycles. The minimum Gasteiger partial charge on any atom is -0.241 e. The first-order chi connectivity index (χ1) is 16.6. The summed E-state index contributed by atoms with van der Waals surface area (Å²) in [7, 11) is 0. The molecule has 0 aliphatic carbocycles. The number of nitrogens with zero attached hydrogens (tertiary/aromatic N) is 2. The lowest BCUT2D eigenvalue weighted by molar-refractivity contribution is 1.28. The Morgan fingerprint density at radius 2 is 1.50 bits per heavy atom. The van der Waals surface area contributed by atoms with Crippen molar-refractivity contribution in [2.45, 2.75) is 13.8 Å². The first-order valence-corrected chi connectivity index (χ1v) is 11.4. The van der Waals surface area contributed by atoms with Crippen LogP contribution in [0.1, 0.15) is 19.4 Å². The van der Waals surface area contributed by atoms with Gasteiger partial charge < -0.3 is 0 Å². The van der Waals surface area contributed by atoms with Crippen LogP contribution in [0.15, 0.2) is 138 Å². The highest BCUT2D eigenvalue weighted by Gasteiger charge is 2.12. The van der Waals surface area contributed by atoms with Crippen LogP contribution in [0, 0.1) is 0 Å². The summed E-state index contributed by atoms with van der Waals surface area (Å²) in [4.78, 5) is 9.35. The largest absolute Gasteiger partial charge is 0.241 e. The van der Waals surface area contributed by atoms with Gasteiger partial charge in [0.1, 0.15) is 0 Å². The van der Waals surface area contributed by atoms with Crippen LogP contribution in [-0.2, 0) is 0 Å². The molecule has 0 saturated heterocycles. The molecule has 0 aliphatic rings. The van der Waals surface area contributed by atoms with E-state index in [4.69, 9.17) is 4.99 Å². The van der Waals surface area contributed by atoms with Crippen LogP contribution in [0.4, 0.5) is 0 Å². The number of benzene rings is 4. The fourth-order valence-electron chi connectivity index (χ4n) is 4.02. The molecule has 0 radical (unpaired) electrons. The van der Waals surface area contributed by atoms with Crippen LogP contribution in [0.3, 0.4) is 0 Å². The number of fused-ring (bicyclic) bond motifs is 2. The van der Waals surface area contributed by atoms with Gasteiger partial charge in [0.25, 0.3) is 0 Å². The van der Waals surface area contributed by atoms with E-state index >= 15 is 0 Å². The van der Waals surface area contributed by atoms with Crippen molar-refractivity contribution in [1.29, 1.82) is 0 Å². The molecule has 0 N–H and O–H groups in total. The molecule has 0 spiro atoms. The lowest BCUT2D eigenvalue weighted by atomic mass is 9.91. The van der Waals surface area contributed by atoms with E-state index in [2.05, 4.69) is 90.9 Å². The van der Waals surface area contributed by atoms with E-state index in [1.165, 1.54) is 27.1 Å². The van der Waals surface area contributed by atoms with Gasteiger partial charge in [0.05, 0.1) is 5.70 Å². The quantitative estimate of drug-likeness (QED) is 0.124. The first-order valence-electron chi connectivity index (χ1n) is 11.4. The van der Waals surface area contributed by atoms with E-state index in [0.29, 0.717) is 11.5 Å². The fourth-order valence-corrected chi connectivity index (χ4v) is 4.02. The minimum atomic E-state index is 0.638. The van der Waals surface area contributed by atoms with Crippen LogP contribution in [0.2, 0.25) is 0 Å². The van der Waals surface area contributed by atoms with Crippen LogP contribution in [0.25, 0.3) is 32.7 Å². The topological polar surface area (TPSA) is 24.7 Å². The molecule has 4 aromatic rings. The molecule has 0 unspecified atom stereocenters. The SMILES string of the molecule is C=C/C=C\C=C(/C)C(=C)N=C(N=CC)c1cccc(-c2c3ccccc3cc3ccccc23)c1. The molecule has 0 fully saturated rings. The van der Waals surface area contributed by atoms with Crippen LogP contribution >= 0.6 is 0 Å². The maximum Gasteiger partial charge on any atom is 0.159 e. The van der Waals surface area contributed by atoms with E-state index in [1.807, 2.05) is 38.1 Å². The summed E-state index contributed by atoms with van der Waals surface area (Å²) < 4.78 is 0. The Bertz CT molecular complexity index is 1440. The van der Waals surface area contributed by atoms with Gasteiger partial charge >= 0.3 is 0 Å². The maximum absolute atomic E-state index is 4.77. The second-order valence-electron chi connectivity index (χ2n) is 8.01. The van der Waals surface area contributed by atoms with E-state index in [1.54, 1.807) is 12.3 Å². The van der Waals surface area contributed by atoms with Crippen molar-refractivity contribution in [2.75, 3.05) is 0 Å². The lowest BCUT2D eigenvalue weighted by Gasteiger charge is -2.13. The van der Waals surface area contributed by atoms with Crippen molar-refractivity contribution in [3.05, 3.63) is 133 Å². The van der Waals surface area contributed by atoms with Crippen molar-refractivity contribution in [2.24, 2.45) is 9.98 Å². The molecule has 0 bridgehead atoms. The fraction of sp³-hybridized carbons (Fsp3) is 0.0625. The second-order valence-corrected chi connectivity index (χ2v) is 8.01. The number of hydrogen-bond acceptors (Lipinski definition) is 1. The molecule has 4 rings (SSSR count). The standard InChI is InChI=1S/C32H28N2/c1-5-7-8-14-23(3)24(4)34-32(33-6-2)28-18-13-17-27(22-28)31-29-19-11-9-15-25(29)21-26-16-10-12-20-30(26)31/h5-22H,1,4H2,2-3H3/b8-7-,23-14+,33-6?,34-32?. The molecule has 166 valence electrons. The zero-order valence-electron chi connectivity index (χ0n) is 19.7. The van der Waals surface area contributed by atoms with Crippen molar-refractivity contribution in [3.63, 3.8) is 0 Å². The van der Waals surface area contributed by atoms with E-state index in [0.717, 1.165) is 16.7 Å². The molecule has 0 atom stereocenters. The van der Waals surface area contributed by atoms with E-state index in [9.17, 15) is 0 Å². The first kappa shape index (κ1) is 22.9. The third-order valence-corrected chi connectivity index (χ3v) is 5.72. The van der Waals surface area contributed by atoms with Crippen LogP contribution < -0.4 is 0 Å². The highest BCUT2D eigenvalue weighted by Crippen LogP contribution is 2.36. The predicted octanol–water partition coefficient (Wildman–Crippen LogP) is 8.70. The van der Waals surface area contributed by atoms with E-state index in [-0.39, 0.29) is 0 Å². The molecule has 34 heavy (non-hydrogen) atoms. The Morgan fingerprint density at radius 1 is 0.824 bits per heavy atom. The highest BCUT2D eigenvalue weighted by atomic mass is 14.9. The second kappa shape index (κ2) is 10.5. The average Bonchev–Trinajstić information content (AvgIpc) is 2.87. The van der Waals surface area contributed by atoms with Gasteiger partial charge in [0.2, 0.25) is 0 Å². The molecular weight excluding hydrogens is 412 g/mol. The summed E-state index contributed by atoms with van der Waals surface area (Å²) in [6, 6.07) is 27.8. The Balaban J connectivity index is 1.86. The van der Waals surface area contributed by atoms with Gasteiger partial charge in [0, 0.05) is 11.8 Å². The maximum atomic E-state index is 4.77. The zero-order chi connectivity index (χ0) is 23.9. The molecule has 4 aromatic carbocycles. The van der Waals surface area contributed by atoms with Gasteiger partial charge in [-0.25, -0.2) is 9.98 Å². The summed E-state index contributed by atoms with van der Waals surface area (Å²) in [6.07, 6.45) is 9.29. The third-order valence-electron chi connectivity index (χ3n) is 5.72. The van der Waals surface area contributed by atoms with Gasteiger partial charge in [-0.15, -0.1) is 0 Å². The molecule has 0 aliphatic heterocycles. The van der Waals surface area contributed by atoms with E-state index < -0.39 is 0 Å². The van der Waals surface area contributed by atoms with Crippen molar-refractivity contribution in [3.8, 4) is 11.1 Å². The molecule has 0 saturated carbocycles. The Labute approximate surface area is 201 Å². The smallest absolute Gasteiger partial charge is 0.159 e. The highest BCUT2D eigenvalue weighted by molar-refractivity contribution is 6.13. The summed E-state index contributed by atoms with van der Waals surface area (Å²) >= 11 is 0. The lowest BCUT2D eigenvalue weighted by Crippen LogP contribution is -1.99. The predicted molar refractivity (Wildman–Crippen MR) is 150 cm³/mol. The Hall–Kier alpha value is -4.30. The third kappa shape index (κ3) is 4.87. The monoisotopic (exact) mass is 440 g/mol. The molecule has 0 aromatic heterocycles. The summed E-state index contributed by atoms with van der Waals surface area (Å²) in [6.45, 7) is 11.7. The van der Waals surface area contributed by atoms with Crippen LogP contribution in [0.5, 0.6) is 0 Å². The summed E-state index contributed by atoms with van der Waals surface area (Å²) in [5.41, 5.74) is 4.95. The number of rotatable bonds is 6. The molecule has 0 amide bonds. The number of allylic oxidation sites excluding steroid dienone is 5. The normalized spacial score (nSPS) is 12.8. The van der Waals surface area contributed by atoms with Crippen molar-refractivity contribution in [1.82, 2.24) is 0 Å². The number of hydrogen-bond donors (Lipinski definition) is 0. The van der Waals surface area contributed by atoms with Gasteiger partial charge in [-0.1, -0.05) is 104 Å². The molecule has 2 nitrogen and oxygen atoms in total. The summed E-state index contributed by atoms with van der Waals surface area (Å²) in [5.74, 6) is 0.638. The van der Waals surface area contributed by atoms with Crippen LogP contribution in [-0.4, -0.2) is 12.1 Å². The van der Waals surface area contributed by atoms with Gasteiger partial charge in [0.15, 0.2) is 5.84 Å². The zero-order valence-corrected chi connectivity index (χ0v) is 19.7. The van der Waals surface area contributed by atoms with Gasteiger partial charge in [-0.3, -0.25) is 0 Å². The number of amidine groups is 1. The minimum absolute atomic E-state index is 0.638.